The van der Waals surface area contributed by atoms with Crippen LogP contribution >= 0.6 is 11.3 Å². The van der Waals surface area contributed by atoms with Crippen molar-refractivity contribution in [2.45, 2.75) is 26.1 Å². The lowest BCUT2D eigenvalue weighted by molar-refractivity contribution is -0.138. The minimum Gasteiger partial charge on any atom is -0.489 e. The fraction of sp³-hybridized carbons (Fsp3) is 0.182. The number of hydrogen-bond donors (Lipinski definition) is 1. The predicted molar refractivity (Wildman–Crippen MR) is 111 cm³/mol. The van der Waals surface area contributed by atoms with Gasteiger partial charge in [0.2, 0.25) is 0 Å². The van der Waals surface area contributed by atoms with Crippen LogP contribution in [0, 0.1) is 6.92 Å². The van der Waals surface area contributed by atoms with Crippen LogP contribution in [0.3, 0.4) is 0 Å². The fourth-order valence-corrected chi connectivity index (χ4v) is 4.18. The van der Waals surface area contributed by atoms with Crippen LogP contribution in [0.2, 0.25) is 0 Å². The molecule has 0 radical (unpaired) electrons. The normalized spacial score (nSPS) is 11.7. The van der Waals surface area contributed by atoms with Gasteiger partial charge in [-0.15, -0.1) is 11.3 Å². The molecule has 2 heterocycles. The number of thiophene rings is 1. The summed E-state index contributed by atoms with van der Waals surface area (Å²) in [5.41, 5.74) is 2.10. The highest BCUT2D eigenvalue weighted by Gasteiger charge is 2.30. The van der Waals surface area contributed by atoms with E-state index in [0.717, 1.165) is 33.3 Å². The van der Waals surface area contributed by atoms with Crippen LogP contribution in [-0.4, -0.2) is 20.9 Å². The zero-order valence-corrected chi connectivity index (χ0v) is 17.1. The number of alkyl halides is 3. The van der Waals surface area contributed by atoms with Gasteiger partial charge in [0.05, 0.1) is 23.4 Å². The van der Waals surface area contributed by atoms with Gasteiger partial charge in [-0.2, -0.15) is 18.3 Å². The van der Waals surface area contributed by atoms with Crippen LogP contribution in [0.1, 0.15) is 22.4 Å². The maximum atomic E-state index is 12.7. The second-order valence-electron chi connectivity index (χ2n) is 7.01. The highest BCUT2D eigenvalue weighted by molar-refractivity contribution is 7.17. The topological polar surface area (TPSA) is 64.4 Å². The Kier molecular flexibility index (Phi) is 5.45. The SMILES string of the molecule is Cc1nn(-c2ccc(C(F)(F)F)cc2)cc1COc1ccc2c(CC(=O)O)csc2c1. The Labute approximate surface area is 179 Å². The number of carbonyl (C=O) groups is 1. The molecular weight excluding hydrogens is 429 g/mol. The Bertz CT molecular complexity index is 1240. The second kappa shape index (κ2) is 8.07. The summed E-state index contributed by atoms with van der Waals surface area (Å²) in [6.07, 6.45) is -2.68. The van der Waals surface area contributed by atoms with Crippen molar-refractivity contribution in [3.05, 3.63) is 76.4 Å². The number of nitrogens with zero attached hydrogens (tertiary/aromatic N) is 2. The summed E-state index contributed by atoms with van der Waals surface area (Å²) in [6, 6.07) is 10.3. The quantitative estimate of drug-likeness (QED) is 0.418. The first-order valence-electron chi connectivity index (χ1n) is 9.28. The van der Waals surface area contributed by atoms with Crippen molar-refractivity contribution in [1.29, 1.82) is 0 Å². The molecular formula is C22H17F3N2O3S. The zero-order chi connectivity index (χ0) is 22.2. The molecule has 0 aliphatic rings. The van der Waals surface area contributed by atoms with Gasteiger partial charge in [-0.3, -0.25) is 4.79 Å². The molecule has 0 aliphatic carbocycles. The average molecular weight is 446 g/mol. The zero-order valence-electron chi connectivity index (χ0n) is 16.3. The molecule has 1 N–H and O–H groups in total. The molecule has 0 aliphatic heterocycles. The molecule has 0 atom stereocenters. The van der Waals surface area contributed by atoms with Crippen LogP contribution in [0.15, 0.2) is 54.0 Å². The molecule has 5 nitrogen and oxygen atoms in total. The van der Waals surface area contributed by atoms with Crippen molar-refractivity contribution in [3.8, 4) is 11.4 Å². The fourth-order valence-electron chi connectivity index (χ4n) is 3.19. The molecule has 2 aromatic heterocycles. The van der Waals surface area contributed by atoms with Gasteiger partial charge in [0.15, 0.2) is 0 Å². The van der Waals surface area contributed by atoms with Gasteiger partial charge in [-0.1, -0.05) is 0 Å². The predicted octanol–water partition coefficient (Wildman–Crippen LogP) is 5.62. The number of fused-ring (bicyclic) bond motifs is 1. The molecule has 0 saturated carbocycles. The van der Waals surface area contributed by atoms with Crippen LogP contribution in [-0.2, 0) is 24.0 Å². The van der Waals surface area contributed by atoms with Crippen molar-refractivity contribution in [1.82, 2.24) is 9.78 Å². The summed E-state index contributed by atoms with van der Waals surface area (Å²) in [5.74, 6) is -0.238. The van der Waals surface area contributed by atoms with E-state index in [1.54, 1.807) is 19.2 Å². The molecule has 4 rings (SSSR count). The lowest BCUT2D eigenvalue weighted by atomic mass is 10.1. The molecule has 31 heavy (non-hydrogen) atoms. The van der Waals surface area contributed by atoms with Gasteiger partial charge in [-0.25, -0.2) is 4.68 Å². The largest absolute Gasteiger partial charge is 0.489 e. The molecule has 0 bridgehead atoms. The summed E-state index contributed by atoms with van der Waals surface area (Å²) in [6.45, 7) is 2.05. The number of aliphatic carboxylic acids is 1. The van der Waals surface area contributed by atoms with Gasteiger partial charge in [-0.05, 0) is 65.7 Å². The average Bonchev–Trinajstić information content (AvgIpc) is 3.28. The van der Waals surface area contributed by atoms with Crippen LogP contribution in [0.5, 0.6) is 5.75 Å². The third-order valence-corrected chi connectivity index (χ3v) is 5.82. The molecule has 160 valence electrons. The number of ether oxygens (including phenoxy) is 1. The minimum absolute atomic E-state index is 0.0253. The number of hydrogen-bond acceptors (Lipinski definition) is 4. The number of carboxylic acid groups (broad SMARTS) is 1. The van der Waals surface area contributed by atoms with Gasteiger partial charge < -0.3 is 9.84 Å². The third-order valence-electron chi connectivity index (χ3n) is 4.82. The molecule has 0 saturated heterocycles. The maximum absolute atomic E-state index is 12.7. The van der Waals surface area contributed by atoms with Gasteiger partial charge in [0, 0.05) is 16.5 Å². The van der Waals surface area contributed by atoms with Gasteiger partial charge in [0.25, 0.3) is 0 Å². The first kappa shape index (κ1) is 20.9. The minimum atomic E-state index is -4.38. The number of rotatable bonds is 6. The molecule has 0 unspecified atom stereocenters. The Morgan fingerprint density at radius 2 is 1.90 bits per heavy atom. The molecule has 0 amide bonds. The maximum Gasteiger partial charge on any atom is 0.416 e. The van der Waals surface area contributed by atoms with Crippen LogP contribution in [0.25, 0.3) is 15.8 Å². The summed E-state index contributed by atoms with van der Waals surface area (Å²) < 4.78 is 46.6. The number of aromatic nitrogens is 2. The highest BCUT2D eigenvalue weighted by atomic mass is 32.1. The Hall–Kier alpha value is -3.33. The molecule has 0 fully saturated rings. The van der Waals surface area contributed by atoms with E-state index >= 15 is 0 Å². The van der Waals surface area contributed by atoms with Crippen molar-refractivity contribution >= 4 is 27.4 Å². The highest BCUT2D eigenvalue weighted by Crippen LogP contribution is 2.31. The van der Waals surface area contributed by atoms with E-state index in [2.05, 4.69) is 5.10 Å². The second-order valence-corrected chi connectivity index (χ2v) is 7.92. The van der Waals surface area contributed by atoms with E-state index in [1.165, 1.54) is 28.2 Å². The Morgan fingerprint density at radius 3 is 2.58 bits per heavy atom. The number of halogens is 3. The number of aryl methyl sites for hydroxylation is 1. The van der Waals surface area contributed by atoms with E-state index < -0.39 is 17.7 Å². The van der Waals surface area contributed by atoms with Gasteiger partial charge in [0.1, 0.15) is 12.4 Å². The molecule has 0 spiro atoms. The van der Waals surface area contributed by atoms with Crippen LogP contribution < -0.4 is 4.74 Å². The molecule has 9 heteroatoms. The first-order valence-corrected chi connectivity index (χ1v) is 10.2. The standard InChI is InChI=1S/C22H17F3N2O3S/c1-13-15(10-27(26-13)17-4-2-16(3-5-17)22(23,24)25)11-30-18-6-7-19-14(8-21(28)29)12-31-20(19)9-18/h2-7,9-10,12H,8,11H2,1H3,(H,28,29). The monoisotopic (exact) mass is 446 g/mol. The van der Waals surface area contributed by atoms with E-state index in [1.807, 2.05) is 17.5 Å². The number of carboxylic acids is 1. The van der Waals surface area contributed by atoms with Gasteiger partial charge >= 0.3 is 12.1 Å². The van der Waals surface area contributed by atoms with Crippen molar-refractivity contribution < 1.29 is 27.8 Å². The molecule has 2 aromatic carbocycles. The van der Waals surface area contributed by atoms with Crippen molar-refractivity contribution in [3.63, 3.8) is 0 Å². The Balaban J connectivity index is 1.48. The molecule has 4 aromatic rings. The lowest BCUT2D eigenvalue weighted by Crippen LogP contribution is -2.05. The van der Waals surface area contributed by atoms with Crippen molar-refractivity contribution in [2.75, 3.05) is 0 Å². The summed E-state index contributed by atoms with van der Waals surface area (Å²) in [4.78, 5) is 11.0. The van der Waals surface area contributed by atoms with Crippen LogP contribution in [0.4, 0.5) is 13.2 Å². The van der Waals surface area contributed by atoms with Crippen molar-refractivity contribution in [2.24, 2.45) is 0 Å². The van der Waals surface area contributed by atoms with E-state index in [4.69, 9.17) is 9.84 Å². The first-order chi connectivity index (χ1) is 14.7. The van der Waals surface area contributed by atoms with E-state index in [9.17, 15) is 18.0 Å². The summed E-state index contributed by atoms with van der Waals surface area (Å²) >= 11 is 1.46. The lowest BCUT2D eigenvalue weighted by Gasteiger charge is -2.07. The van der Waals surface area contributed by atoms with E-state index in [-0.39, 0.29) is 13.0 Å². The third kappa shape index (κ3) is 4.56. The summed E-state index contributed by atoms with van der Waals surface area (Å²) in [7, 11) is 0. The number of benzene rings is 2. The smallest absolute Gasteiger partial charge is 0.416 e. The summed E-state index contributed by atoms with van der Waals surface area (Å²) in [5, 5.41) is 16.1. The van der Waals surface area contributed by atoms with E-state index in [0.29, 0.717) is 17.1 Å². The Morgan fingerprint density at radius 1 is 1.16 bits per heavy atom.